The maximum absolute atomic E-state index is 6.00. The van der Waals surface area contributed by atoms with Crippen molar-refractivity contribution in [2.24, 2.45) is 0 Å². The third-order valence-electron chi connectivity index (χ3n) is 3.46. The first-order chi connectivity index (χ1) is 9.79. The molecule has 0 atom stereocenters. The fourth-order valence-electron chi connectivity index (χ4n) is 2.35. The number of nitrogen functional groups attached to an aromatic ring is 1. The van der Waals surface area contributed by atoms with Gasteiger partial charge < -0.3 is 11.1 Å². The Kier molecular flexibility index (Phi) is 3.56. The summed E-state index contributed by atoms with van der Waals surface area (Å²) in [5.74, 6) is 0. The largest absolute Gasteiger partial charge is 0.398 e. The predicted octanol–water partition coefficient (Wildman–Crippen LogP) is 4.05. The Hall–Kier alpha value is -2.07. The van der Waals surface area contributed by atoms with Crippen LogP contribution in [0.1, 0.15) is 17.4 Å². The van der Waals surface area contributed by atoms with Crippen LogP contribution in [0.25, 0.3) is 10.9 Å². The van der Waals surface area contributed by atoms with E-state index in [9.17, 15) is 0 Å². The van der Waals surface area contributed by atoms with Crippen LogP contribution in [-0.4, -0.2) is 4.98 Å². The minimum atomic E-state index is 0.768. The number of nitrogens with one attached hydrogen (secondary N) is 1. The van der Waals surface area contributed by atoms with E-state index in [0.29, 0.717) is 0 Å². The quantitative estimate of drug-likeness (QED) is 0.710. The number of aromatic nitrogens is 1. The minimum absolute atomic E-state index is 0.768. The van der Waals surface area contributed by atoms with Crippen LogP contribution in [0.15, 0.2) is 41.9 Å². The van der Waals surface area contributed by atoms with E-state index in [1.165, 1.54) is 10.4 Å². The molecule has 0 aliphatic heterocycles. The van der Waals surface area contributed by atoms with Crippen molar-refractivity contribution in [1.82, 2.24) is 4.98 Å². The average molecular weight is 283 g/mol. The lowest BCUT2D eigenvalue weighted by molar-refractivity contribution is 1.08. The van der Waals surface area contributed by atoms with Crippen LogP contribution in [0, 0.1) is 0 Å². The number of hydrogen-bond donors (Lipinski definition) is 2. The Morgan fingerprint density at radius 2 is 2.15 bits per heavy atom. The molecule has 2 heterocycles. The maximum Gasteiger partial charge on any atom is 0.0953 e. The predicted molar refractivity (Wildman–Crippen MR) is 87.2 cm³/mol. The number of aryl methyl sites for hydroxylation is 1. The van der Waals surface area contributed by atoms with E-state index < -0.39 is 0 Å². The average Bonchev–Trinajstić information content (AvgIpc) is 2.94. The molecule has 0 fully saturated rings. The molecule has 0 bridgehead atoms. The van der Waals surface area contributed by atoms with Gasteiger partial charge in [0.05, 0.1) is 11.2 Å². The molecule has 2 aromatic heterocycles. The molecule has 0 radical (unpaired) electrons. The Morgan fingerprint density at radius 3 is 3.00 bits per heavy atom. The number of hydrogen-bond acceptors (Lipinski definition) is 4. The summed E-state index contributed by atoms with van der Waals surface area (Å²) in [6.45, 7) is 3.02. The zero-order chi connectivity index (χ0) is 13.9. The van der Waals surface area contributed by atoms with E-state index >= 15 is 0 Å². The van der Waals surface area contributed by atoms with E-state index in [1.807, 2.05) is 24.3 Å². The molecule has 3 nitrogen and oxygen atoms in total. The second-order valence-electron chi connectivity index (χ2n) is 4.68. The highest BCUT2D eigenvalue weighted by Crippen LogP contribution is 2.27. The minimum Gasteiger partial charge on any atom is -0.398 e. The number of nitrogens with zero attached hydrogens (tertiary/aromatic N) is 1. The number of fused-ring (bicyclic) bond motifs is 1. The standard InChI is InChI=1S/C16H17N3S/c1-2-11-7-9-20-15(11)10-19-14-6-5-13(17)12-4-3-8-18-16(12)14/h3-9,19H,2,10,17H2,1H3. The lowest BCUT2D eigenvalue weighted by atomic mass is 10.1. The SMILES string of the molecule is CCc1ccsc1CNc1ccc(N)c2cccnc12. The van der Waals surface area contributed by atoms with Crippen molar-refractivity contribution < 1.29 is 0 Å². The highest BCUT2D eigenvalue weighted by Gasteiger charge is 2.06. The van der Waals surface area contributed by atoms with Crippen LogP contribution < -0.4 is 11.1 Å². The molecule has 0 spiro atoms. The summed E-state index contributed by atoms with van der Waals surface area (Å²) in [6, 6.07) is 10.1. The molecule has 0 saturated carbocycles. The van der Waals surface area contributed by atoms with Crippen molar-refractivity contribution in [3.8, 4) is 0 Å². The normalized spacial score (nSPS) is 10.8. The number of anilines is 2. The molecule has 0 aliphatic carbocycles. The molecule has 20 heavy (non-hydrogen) atoms. The van der Waals surface area contributed by atoms with Gasteiger partial charge in [0.1, 0.15) is 0 Å². The number of rotatable bonds is 4. The molecule has 0 amide bonds. The van der Waals surface area contributed by atoms with E-state index in [0.717, 1.165) is 35.2 Å². The van der Waals surface area contributed by atoms with Gasteiger partial charge in [-0.15, -0.1) is 11.3 Å². The summed E-state index contributed by atoms with van der Waals surface area (Å²) in [5, 5.41) is 6.63. The third-order valence-corrected chi connectivity index (χ3v) is 4.42. The fourth-order valence-corrected chi connectivity index (χ4v) is 3.27. The van der Waals surface area contributed by atoms with Crippen LogP contribution in [0.4, 0.5) is 11.4 Å². The van der Waals surface area contributed by atoms with Crippen molar-refractivity contribution in [3.05, 3.63) is 52.3 Å². The molecule has 3 rings (SSSR count). The van der Waals surface area contributed by atoms with Gasteiger partial charge in [-0.3, -0.25) is 4.98 Å². The summed E-state index contributed by atoms with van der Waals surface area (Å²) in [6.07, 6.45) is 2.87. The molecule has 3 N–H and O–H groups in total. The Morgan fingerprint density at radius 1 is 1.25 bits per heavy atom. The Labute approximate surface area is 122 Å². The first-order valence-electron chi connectivity index (χ1n) is 6.72. The molecular weight excluding hydrogens is 266 g/mol. The first-order valence-corrected chi connectivity index (χ1v) is 7.60. The summed E-state index contributed by atoms with van der Waals surface area (Å²) >= 11 is 1.79. The maximum atomic E-state index is 6.00. The Bertz CT molecular complexity index is 733. The monoisotopic (exact) mass is 283 g/mol. The summed E-state index contributed by atoms with van der Waals surface area (Å²) in [5.41, 5.74) is 10.1. The van der Waals surface area contributed by atoms with Gasteiger partial charge in [0.2, 0.25) is 0 Å². The molecule has 0 saturated heterocycles. The molecular formula is C16H17N3S. The smallest absolute Gasteiger partial charge is 0.0953 e. The zero-order valence-corrected chi connectivity index (χ0v) is 12.2. The van der Waals surface area contributed by atoms with Gasteiger partial charge in [-0.1, -0.05) is 6.92 Å². The van der Waals surface area contributed by atoms with Crippen LogP contribution in [0.3, 0.4) is 0 Å². The van der Waals surface area contributed by atoms with Gasteiger partial charge in [0.15, 0.2) is 0 Å². The number of pyridine rings is 1. The van der Waals surface area contributed by atoms with Crippen LogP contribution >= 0.6 is 11.3 Å². The Balaban J connectivity index is 1.90. The van der Waals surface area contributed by atoms with E-state index in [-0.39, 0.29) is 0 Å². The van der Waals surface area contributed by atoms with E-state index in [4.69, 9.17) is 5.73 Å². The molecule has 1 aromatic carbocycles. The highest BCUT2D eigenvalue weighted by atomic mass is 32.1. The van der Waals surface area contributed by atoms with Gasteiger partial charge in [0.25, 0.3) is 0 Å². The molecule has 4 heteroatoms. The summed E-state index contributed by atoms with van der Waals surface area (Å²) < 4.78 is 0. The van der Waals surface area contributed by atoms with Gasteiger partial charge in [-0.05, 0) is 47.7 Å². The lowest BCUT2D eigenvalue weighted by Crippen LogP contribution is -2.01. The van der Waals surface area contributed by atoms with Crippen LogP contribution in [0.2, 0.25) is 0 Å². The van der Waals surface area contributed by atoms with Crippen molar-refractivity contribution in [3.63, 3.8) is 0 Å². The van der Waals surface area contributed by atoms with Crippen molar-refractivity contribution in [1.29, 1.82) is 0 Å². The number of nitrogens with two attached hydrogens (primary N) is 1. The lowest BCUT2D eigenvalue weighted by Gasteiger charge is -2.10. The van der Waals surface area contributed by atoms with Gasteiger partial charge >= 0.3 is 0 Å². The second-order valence-corrected chi connectivity index (χ2v) is 5.68. The van der Waals surface area contributed by atoms with Crippen molar-refractivity contribution >= 4 is 33.6 Å². The molecule has 3 aromatic rings. The highest BCUT2D eigenvalue weighted by molar-refractivity contribution is 7.10. The third kappa shape index (κ3) is 2.34. The first kappa shape index (κ1) is 12.9. The van der Waals surface area contributed by atoms with Crippen LogP contribution in [-0.2, 0) is 13.0 Å². The topological polar surface area (TPSA) is 50.9 Å². The molecule has 102 valence electrons. The van der Waals surface area contributed by atoms with Crippen molar-refractivity contribution in [2.75, 3.05) is 11.1 Å². The second kappa shape index (κ2) is 5.51. The van der Waals surface area contributed by atoms with E-state index in [1.54, 1.807) is 17.5 Å². The van der Waals surface area contributed by atoms with Gasteiger partial charge in [-0.2, -0.15) is 0 Å². The van der Waals surface area contributed by atoms with E-state index in [2.05, 4.69) is 28.7 Å². The zero-order valence-electron chi connectivity index (χ0n) is 11.4. The van der Waals surface area contributed by atoms with Gasteiger partial charge in [0, 0.05) is 28.7 Å². The number of benzene rings is 1. The summed E-state index contributed by atoms with van der Waals surface area (Å²) in [4.78, 5) is 5.83. The summed E-state index contributed by atoms with van der Waals surface area (Å²) in [7, 11) is 0. The van der Waals surface area contributed by atoms with Crippen LogP contribution in [0.5, 0.6) is 0 Å². The van der Waals surface area contributed by atoms with Crippen molar-refractivity contribution in [2.45, 2.75) is 19.9 Å². The fraction of sp³-hybridized carbons (Fsp3) is 0.188. The van der Waals surface area contributed by atoms with Gasteiger partial charge in [-0.25, -0.2) is 0 Å². The molecule has 0 aliphatic rings. The number of thiophene rings is 1. The molecule has 0 unspecified atom stereocenters.